The molecule has 0 unspecified atom stereocenters. The van der Waals surface area contributed by atoms with Crippen LogP contribution in [0.3, 0.4) is 0 Å². The summed E-state index contributed by atoms with van der Waals surface area (Å²) in [7, 11) is 2.69. The van der Waals surface area contributed by atoms with E-state index in [1.807, 2.05) is 0 Å². The molecule has 1 aliphatic rings. The number of nitrogens with one attached hydrogen (secondary N) is 1. The average molecular weight is 364 g/mol. The molecule has 8 heteroatoms. The van der Waals surface area contributed by atoms with Crippen LogP contribution in [0.4, 0.5) is 5.69 Å². The van der Waals surface area contributed by atoms with E-state index < -0.39 is 16.9 Å². The average Bonchev–Trinajstić information content (AvgIpc) is 2.67. The molecule has 1 atom stereocenters. The van der Waals surface area contributed by atoms with E-state index in [4.69, 9.17) is 9.47 Å². The quantitative estimate of drug-likeness (QED) is 0.452. The Hall–Kier alpha value is -2.64. The van der Waals surface area contributed by atoms with E-state index in [9.17, 15) is 19.7 Å². The molecule has 1 aromatic carbocycles. The third-order valence-corrected chi connectivity index (χ3v) is 4.68. The summed E-state index contributed by atoms with van der Waals surface area (Å²) in [6, 6.07) is 3.23. The molecule has 1 amide bonds. The van der Waals surface area contributed by atoms with Gasteiger partial charge in [-0.15, -0.1) is 0 Å². The van der Waals surface area contributed by atoms with Gasteiger partial charge in [0.2, 0.25) is 5.91 Å². The van der Waals surface area contributed by atoms with Crippen molar-refractivity contribution < 1.29 is 24.0 Å². The number of carbonyl (C=O) groups excluding carboxylic acids is 2. The number of non-ortho nitro benzene ring substituents is 1. The molecular formula is C18H24N2O6. The third kappa shape index (κ3) is 4.93. The summed E-state index contributed by atoms with van der Waals surface area (Å²) in [6.45, 7) is 0. The molecular weight excluding hydrogens is 340 g/mol. The fourth-order valence-electron chi connectivity index (χ4n) is 3.25. The first-order valence-electron chi connectivity index (χ1n) is 8.65. The number of ether oxygens (including phenoxy) is 2. The minimum Gasteiger partial charge on any atom is -0.496 e. The number of carbonyl (C=O) groups is 2. The van der Waals surface area contributed by atoms with Crippen molar-refractivity contribution in [2.24, 2.45) is 5.92 Å². The van der Waals surface area contributed by atoms with Crippen molar-refractivity contribution in [1.29, 1.82) is 0 Å². The lowest BCUT2D eigenvalue weighted by atomic mass is 9.88. The smallest absolute Gasteiger partial charge is 0.328 e. The van der Waals surface area contributed by atoms with Crippen molar-refractivity contribution in [2.45, 2.75) is 44.6 Å². The molecule has 0 saturated heterocycles. The fourth-order valence-corrected chi connectivity index (χ4v) is 3.25. The standard InChI is InChI=1S/C18H24N2O6/c1-25-16-9-8-14(20(23)24)10-13(16)11-15(18(22)26-2)19-17(21)12-6-4-3-5-7-12/h8-10,12,15H,3-7,11H2,1-2H3,(H,19,21)/t15-/m0/s1. The maximum atomic E-state index is 12.5. The predicted octanol–water partition coefficient (Wildman–Crippen LogP) is 2.38. The van der Waals surface area contributed by atoms with Crippen LogP contribution in [0.15, 0.2) is 18.2 Å². The first-order chi connectivity index (χ1) is 12.5. The summed E-state index contributed by atoms with van der Waals surface area (Å²) in [5, 5.41) is 13.8. The molecule has 1 aromatic rings. The van der Waals surface area contributed by atoms with Gasteiger partial charge in [-0.25, -0.2) is 4.79 Å². The van der Waals surface area contributed by atoms with Crippen molar-refractivity contribution in [3.8, 4) is 5.75 Å². The first-order valence-corrected chi connectivity index (χ1v) is 8.65. The number of methoxy groups -OCH3 is 2. The Kier molecular flexibility index (Phi) is 6.94. The summed E-state index contributed by atoms with van der Waals surface area (Å²) in [6.07, 6.45) is 4.78. The second kappa shape index (κ2) is 9.17. The van der Waals surface area contributed by atoms with Gasteiger partial charge in [0.1, 0.15) is 11.8 Å². The normalized spacial score (nSPS) is 15.8. The van der Waals surface area contributed by atoms with Gasteiger partial charge < -0.3 is 14.8 Å². The monoisotopic (exact) mass is 364 g/mol. The molecule has 0 heterocycles. The number of rotatable bonds is 7. The lowest BCUT2D eigenvalue weighted by Gasteiger charge is -2.24. The van der Waals surface area contributed by atoms with E-state index in [0.29, 0.717) is 11.3 Å². The second-order valence-corrected chi connectivity index (χ2v) is 6.38. The molecule has 0 radical (unpaired) electrons. The Labute approximate surface area is 152 Å². The molecule has 0 aromatic heterocycles. The summed E-state index contributed by atoms with van der Waals surface area (Å²) < 4.78 is 10.0. The number of amides is 1. The minimum absolute atomic E-state index is 0.0516. The Morgan fingerprint density at radius 3 is 2.54 bits per heavy atom. The van der Waals surface area contributed by atoms with Gasteiger partial charge in [-0.3, -0.25) is 14.9 Å². The highest BCUT2D eigenvalue weighted by atomic mass is 16.6. The van der Waals surface area contributed by atoms with E-state index in [1.165, 1.54) is 32.4 Å². The van der Waals surface area contributed by atoms with E-state index in [1.54, 1.807) is 0 Å². The molecule has 8 nitrogen and oxygen atoms in total. The van der Waals surface area contributed by atoms with Crippen molar-refractivity contribution in [3.05, 3.63) is 33.9 Å². The van der Waals surface area contributed by atoms with Crippen LogP contribution in [0.1, 0.15) is 37.7 Å². The van der Waals surface area contributed by atoms with Gasteiger partial charge in [0.05, 0.1) is 19.1 Å². The molecule has 142 valence electrons. The zero-order valence-electron chi connectivity index (χ0n) is 15.0. The number of nitrogens with zero attached hydrogens (tertiary/aromatic N) is 1. The van der Waals surface area contributed by atoms with Gasteiger partial charge in [0.25, 0.3) is 5.69 Å². The number of hydrogen-bond acceptors (Lipinski definition) is 6. The van der Waals surface area contributed by atoms with Crippen LogP contribution in [-0.4, -0.2) is 37.1 Å². The highest BCUT2D eigenvalue weighted by molar-refractivity contribution is 5.86. The molecule has 0 aliphatic heterocycles. The van der Waals surface area contributed by atoms with E-state index >= 15 is 0 Å². The Morgan fingerprint density at radius 2 is 1.96 bits per heavy atom. The molecule has 0 spiro atoms. The predicted molar refractivity (Wildman–Crippen MR) is 93.9 cm³/mol. The second-order valence-electron chi connectivity index (χ2n) is 6.38. The largest absolute Gasteiger partial charge is 0.496 e. The van der Waals surface area contributed by atoms with Crippen LogP contribution >= 0.6 is 0 Å². The molecule has 1 saturated carbocycles. The summed E-state index contributed by atoms with van der Waals surface area (Å²) >= 11 is 0. The Balaban J connectivity index is 2.19. The van der Waals surface area contributed by atoms with E-state index in [-0.39, 0.29) is 23.9 Å². The van der Waals surface area contributed by atoms with Crippen LogP contribution in [0.2, 0.25) is 0 Å². The first kappa shape index (κ1) is 19.7. The van der Waals surface area contributed by atoms with Crippen LogP contribution in [0.5, 0.6) is 5.75 Å². The van der Waals surface area contributed by atoms with Gasteiger partial charge >= 0.3 is 5.97 Å². The number of benzene rings is 1. The van der Waals surface area contributed by atoms with Gasteiger partial charge in [0, 0.05) is 30.0 Å². The fraction of sp³-hybridized carbons (Fsp3) is 0.556. The maximum Gasteiger partial charge on any atom is 0.328 e. The van der Waals surface area contributed by atoms with Crippen LogP contribution in [0.25, 0.3) is 0 Å². The SMILES string of the molecule is COC(=O)[C@H](Cc1cc([N+](=O)[O-])ccc1OC)NC(=O)C1CCCCC1. The van der Waals surface area contributed by atoms with Gasteiger partial charge in [-0.05, 0) is 18.9 Å². The number of nitro benzene ring substituents is 1. The highest BCUT2D eigenvalue weighted by Crippen LogP contribution is 2.27. The van der Waals surface area contributed by atoms with Crippen molar-refractivity contribution in [3.63, 3.8) is 0 Å². The highest BCUT2D eigenvalue weighted by Gasteiger charge is 2.28. The molecule has 0 bridgehead atoms. The van der Waals surface area contributed by atoms with Crippen molar-refractivity contribution in [1.82, 2.24) is 5.32 Å². The van der Waals surface area contributed by atoms with Gasteiger partial charge in [0.15, 0.2) is 0 Å². The molecule has 26 heavy (non-hydrogen) atoms. The molecule has 2 rings (SSSR count). The molecule has 1 N–H and O–H groups in total. The number of esters is 1. The maximum absolute atomic E-state index is 12.5. The van der Waals surface area contributed by atoms with Crippen molar-refractivity contribution >= 4 is 17.6 Å². The third-order valence-electron chi connectivity index (χ3n) is 4.68. The zero-order chi connectivity index (χ0) is 19.1. The number of nitro groups is 1. The summed E-state index contributed by atoms with van der Waals surface area (Å²) in [5.41, 5.74) is 0.351. The lowest BCUT2D eigenvalue weighted by molar-refractivity contribution is -0.384. The Morgan fingerprint density at radius 1 is 1.27 bits per heavy atom. The minimum atomic E-state index is -0.926. The van der Waals surface area contributed by atoms with Gasteiger partial charge in [-0.1, -0.05) is 19.3 Å². The summed E-state index contributed by atoms with van der Waals surface area (Å²) in [4.78, 5) is 35.1. The van der Waals surface area contributed by atoms with Crippen molar-refractivity contribution in [2.75, 3.05) is 14.2 Å². The van der Waals surface area contributed by atoms with Crippen LogP contribution < -0.4 is 10.1 Å². The number of hydrogen-bond donors (Lipinski definition) is 1. The van der Waals surface area contributed by atoms with Crippen LogP contribution in [-0.2, 0) is 20.7 Å². The van der Waals surface area contributed by atoms with E-state index in [2.05, 4.69) is 5.32 Å². The van der Waals surface area contributed by atoms with Crippen LogP contribution in [0, 0.1) is 16.0 Å². The zero-order valence-corrected chi connectivity index (χ0v) is 15.0. The van der Waals surface area contributed by atoms with Gasteiger partial charge in [-0.2, -0.15) is 0 Å². The van der Waals surface area contributed by atoms with E-state index in [0.717, 1.165) is 32.1 Å². The molecule has 1 aliphatic carbocycles. The topological polar surface area (TPSA) is 108 Å². The summed E-state index contributed by atoms with van der Waals surface area (Å²) in [5.74, 6) is -0.466. The Bertz CT molecular complexity index is 670. The molecule has 1 fully saturated rings. The lowest BCUT2D eigenvalue weighted by Crippen LogP contribution is -2.45.